The lowest BCUT2D eigenvalue weighted by Gasteiger charge is -2.32. The quantitative estimate of drug-likeness (QED) is 0.891. The van der Waals surface area contributed by atoms with Crippen LogP contribution >= 0.6 is 0 Å². The molecule has 0 bridgehead atoms. The van der Waals surface area contributed by atoms with Crippen molar-refractivity contribution in [2.45, 2.75) is 57.5 Å². The number of hydrogen-bond acceptors (Lipinski definition) is 2. The molecule has 3 rings (SSSR count). The number of nitrogens with zero attached hydrogens (tertiary/aromatic N) is 1. The monoisotopic (exact) mass is 290 g/mol. The molecule has 3 heteroatoms. The van der Waals surface area contributed by atoms with Crippen LogP contribution in [0.2, 0.25) is 0 Å². The fourth-order valence-corrected chi connectivity index (χ4v) is 4.12. The first kappa shape index (κ1) is 14.8. The Morgan fingerprint density at radius 3 is 2.62 bits per heavy atom. The van der Waals surface area contributed by atoms with Gasteiger partial charge in [0.2, 0.25) is 0 Å². The third kappa shape index (κ3) is 2.94. The molecule has 2 atom stereocenters. The van der Waals surface area contributed by atoms with Crippen molar-refractivity contribution < 1.29 is 4.39 Å². The summed E-state index contributed by atoms with van der Waals surface area (Å²) >= 11 is 0. The maximum atomic E-state index is 14.6. The normalized spacial score (nSPS) is 24.7. The highest BCUT2D eigenvalue weighted by molar-refractivity contribution is 5.51. The van der Waals surface area contributed by atoms with E-state index in [2.05, 4.69) is 23.2 Å². The van der Waals surface area contributed by atoms with Gasteiger partial charge in [-0.1, -0.05) is 18.9 Å². The van der Waals surface area contributed by atoms with Gasteiger partial charge < -0.3 is 10.2 Å². The SMILES string of the molecule is CNC(C)c1ccc(N2CCCC2C2CCCC2)c(F)c1. The van der Waals surface area contributed by atoms with E-state index in [1.807, 2.05) is 13.1 Å². The second-order valence-electron chi connectivity index (χ2n) is 6.67. The van der Waals surface area contributed by atoms with Crippen LogP contribution in [0.25, 0.3) is 0 Å². The summed E-state index contributed by atoms with van der Waals surface area (Å²) in [7, 11) is 1.91. The molecule has 1 aliphatic carbocycles. The first-order valence-electron chi connectivity index (χ1n) is 8.44. The van der Waals surface area contributed by atoms with Crippen LogP contribution in [-0.2, 0) is 0 Å². The molecule has 2 fully saturated rings. The Balaban J connectivity index is 1.82. The molecular weight excluding hydrogens is 263 g/mol. The highest BCUT2D eigenvalue weighted by Crippen LogP contribution is 2.38. The molecule has 1 aliphatic heterocycles. The summed E-state index contributed by atoms with van der Waals surface area (Å²) in [6.45, 7) is 3.07. The lowest BCUT2D eigenvalue weighted by molar-refractivity contribution is 0.427. The van der Waals surface area contributed by atoms with Gasteiger partial charge >= 0.3 is 0 Å². The minimum absolute atomic E-state index is 0.0560. The van der Waals surface area contributed by atoms with E-state index in [0.29, 0.717) is 6.04 Å². The Morgan fingerprint density at radius 1 is 1.19 bits per heavy atom. The maximum absolute atomic E-state index is 14.6. The number of hydrogen-bond donors (Lipinski definition) is 1. The van der Waals surface area contributed by atoms with E-state index < -0.39 is 0 Å². The van der Waals surface area contributed by atoms with E-state index in [0.717, 1.165) is 23.7 Å². The van der Waals surface area contributed by atoms with Crippen LogP contribution in [-0.4, -0.2) is 19.6 Å². The van der Waals surface area contributed by atoms with Crippen molar-refractivity contribution in [3.63, 3.8) is 0 Å². The van der Waals surface area contributed by atoms with Crippen molar-refractivity contribution in [3.8, 4) is 0 Å². The number of halogens is 1. The van der Waals surface area contributed by atoms with Crippen molar-refractivity contribution in [1.82, 2.24) is 5.32 Å². The zero-order valence-corrected chi connectivity index (χ0v) is 13.2. The van der Waals surface area contributed by atoms with Gasteiger partial charge in [-0.3, -0.25) is 0 Å². The molecule has 2 aliphatic rings. The van der Waals surface area contributed by atoms with Crippen LogP contribution in [0, 0.1) is 11.7 Å². The molecule has 1 aromatic carbocycles. The Bertz CT molecular complexity index is 482. The standard InChI is InChI=1S/C18H27FN2/c1-13(20-2)15-9-10-18(16(19)12-15)21-11-5-8-17(21)14-6-3-4-7-14/h9-10,12-14,17,20H,3-8,11H2,1-2H3. The largest absolute Gasteiger partial charge is 0.366 e. The lowest BCUT2D eigenvalue weighted by Crippen LogP contribution is -2.35. The first-order valence-corrected chi connectivity index (χ1v) is 8.44. The second kappa shape index (κ2) is 6.35. The maximum Gasteiger partial charge on any atom is 0.146 e. The van der Waals surface area contributed by atoms with Gasteiger partial charge in [-0.25, -0.2) is 4.39 Å². The molecule has 0 radical (unpaired) electrons. The summed E-state index contributed by atoms with van der Waals surface area (Å²) in [4.78, 5) is 2.35. The predicted molar refractivity (Wildman–Crippen MR) is 86.2 cm³/mol. The van der Waals surface area contributed by atoms with Crippen LogP contribution in [0.1, 0.15) is 57.1 Å². The van der Waals surface area contributed by atoms with E-state index in [9.17, 15) is 4.39 Å². The zero-order chi connectivity index (χ0) is 14.8. The number of rotatable bonds is 4. The molecule has 116 valence electrons. The van der Waals surface area contributed by atoms with Crippen molar-refractivity contribution in [2.75, 3.05) is 18.5 Å². The highest BCUT2D eigenvalue weighted by atomic mass is 19.1. The third-order valence-electron chi connectivity index (χ3n) is 5.46. The van der Waals surface area contributed by atoms with E-state index in [1.54, 1.807) is 6.07 Å². The van der Waals surface area contributed by atoms with E-state index in [-0.39, 0.29) is 11.9 Å². The smallest absolute Gasteiger partial charge is 0.146 e. The summed E-state index contributed by atoms with van der Waals surface area (Å²) in [6, 6.07) is 6.53. The van der Waals surface area contributed by atoms with E-state index >= 15 is 0 Å². The molecule has 2 nitrogen and oxygen atoms in total. The van der Waals surface area contributed by atoms with Gasteiger partial charge in [0.1, 0.15) is 5.82 Å². The minimum atomic E-state index is -0.0560. The van der Waals surface area contributed by atoms with Crippen LogP contribution < -0.4 is 10.2 Å². The average molecular weight is 290 g/mol. The van der Waals surface area contributed by atoms with Gasteiger partial charge in [-0.15, -0.1) is 0 Å². The second-order valence-corrected chi connectivity index (χ2v) is 6.67. The van der Waals surface area contributed by atoms with Gasteiger partial charge in [0.05, 0.1) is 5.69 Å². The van der Waals surface area contributed by atoms with Gasteiger partial charge in [-0.2, -0.15) is 0 Å². The van der Waals surface area contributed by atoms with Gasteiger partial charge in [0, 0.05) is 18.6 Å². The average Bonchev–Trinajstić information content (AvgIpc) is 3.16. The van der Waals surface area contributed by atoms with Crippen molar-refractivity contribution >= 4 is 5.69 Å². The Kier molecular flexibility index (Phi) is 4.48. The molecule has 2 unspecified atom stereocenters. The van der Waals surface area contributed by atoms with Crippen LogP contribution in [0.15, 0.2) is 18.2 Å². The lowest BCUT2D eigenvalue weighted by atomic mass is 9.95. The molecule has 1 saturated carbocycles. The molecular formula is C18H27FN2. The Hall–Kier alpha value is -1.09. The zero-order valence-electron chi connectivity index (χ0n) is 13.2. The first-order chi connectivity index (χ1) is 10.2. The van der Waals surface area contributed by atoms with E-state index in [1.165, 1.54) is 38.5 Å². The van der Waals surface area contributed by atoms with Gasteiger partial charge in [0.15, 0.2) is 0 Å². The fraction of sp³-hybridized carbons (Fsp3) is 0.667. The summed E-state index contributed by atoms with van der Waals surface area (Å²) in [5.41, 5.74) is 1.84. The summed E-state index contributed by atoms with van der Waals surface area (Å²) < 4.78 is 14.6. The molecule has 0 aromatic heterocycles. The molecule has 21 heavy (non-hydrogen) atoms. The third-order valence-corrected chi connectivity index (χ3v) is 5.46. The summed E-state index contributed by atoms with van der Waals surface area (Å²) in [5, 5.41) is 3.17. The predicted octanol–water partition coefficient (Wildman–Crippen LogP) is 4.27. The van der Waals surface area contributed by atoms with Crippen molar-refractivity contribution in [2.24, 2.45) is 5.92 Å². The number of nitrogens with one attached hydrogen (secondary N) is 1. The molecule has 1 heterocycles. The van der Waals surface area contributed by atoms with Crippen molar-refractivity contribution in [3.05, 3.63) is 29.6 Å². The highest BCUT2D eigenvalue weighted by Gasteiger charge is 2.34. The van der Waals surface area contributed by atoms with E-state index in [4.69, 9.17) is 0 Å². The molecule has 1 aromatic rings. The van der Waals surface area contributed by atoms with Crippen LogP contribution in [0.3, 0.4) is 0 Å². The van der Waals surface area contributed by atoms with Crippen LogP contribution in [0.4, 0.5) is 10.1 Å². The van der Waals surface area contributed by atoms with Crippen LogP contribution in [0.5, 0.6) is 0 Å². The molecule has 0 amide bonds. The fourth-order valence-electron chi connectivity index (χ4n) is 4.12. The Morgan fingerprint density at radius 2 is 1.95 bits per heavy atom. The summed E-state index contributed by atoms with van der Waals surface area (Å²) in [5.74, 6) is 0.724. The topological polar surface area (TPSA) is 15.3 Å². The number of benzene rings is 1. The number of anilines is 1. The molecule has 0 spiro atoms. The van der Waals surface area contributed by atoms with Gasteiger partial charge in [-0.05, 0) is 63.3 Å². The van der Waals surface area contributed by atoms with Gasteiger partial charge in [0.25, 0.3) is 0 Å². The Labute approximate surface area is 127 Å². The summed E-state index contributed by atoms with van der Waals surface area (Å²) in [6.07, 6.45) is 7.82. The molecule has 1 saturated heterocycles. The van der Waals surface area contributed by atoms with Crippen molar-refractivity contribution in [1.29, 1.82) is 0 Å². The minimum Gasteiger partial charge on any atom is -0.366 e. The molecule has 1 N–H and O–H groups in total.